The van der Waals surface area contributed by atoms with Crippen molar-refractivity contribution in [1.29, 1.82) is 0 Å². The van der Waals surface area contributed by atoms with Crippen LogP contribution in [-0.4, -0.2) is 41.8 Å². The van der Waals surface area contributed by atoms with Gasteiger partial charge in [0, 0.05) is 36.6 Å². The number of rotatable bonds is 8. The summed E-state index contributed by atoms with van der Waals surface area (Å²) in [5.74, 6) is 0.570. The van der Waals surface area contributed by atoms with Gasteiger partial charge in [0.15, 0.2) is 5.82 Å². The first kappa shape index (κ1) is 23.2. The van der Waals surface area contributed by atoms with E-state index >= 15 is 0 Å². The summed E-state index contributed by atoms with van der Waals surface area (Å²) in [6, 6.07) is 15.3. The summed E-state index contributed by atoms with van der Waals surface area (Å²) < 4.78 is 35.1. The standard InChI is InChI=1S/C24H25N5O4S/c1-4-28(18-10-6-5-7-11-18)34(31,32)22-13-9-15-26-23(22)29-24(30)19(17(2)27-29)16-20-21(33-3)12-8-14-25-20/h5-15,27H,4,16H2,1-3H3. The molecule has 0 atom stereocenters. The molecule has 1 aromatic carbocycles. The summed E-state index contributed by atoms with van der Waals surface area (Å²) in [5.41, 5.74) is 1.76. The topological polar surface area (TPSA) is 110 Å². The van der Waals surface area contributed by atoms with Crippen LogP contribution in [0.1, 0.15) is 23.9 Å². The molecule has 0 saturated carbocycles. The van der Waals surface area contributed by atoms with Crippen LogP contribution in [0.15, 0.2) is 76.7 Å². The number of methoxy groups -OCH3 is 1. The van der Waals surface area contributed by atoms with Crippen LogP contribution in [0.3, 0.4) is 0 Å². The van der Waals surface area contributed by atoms with Crippen molar-refractivity contribution >= 4 is 15.7 Å². The fraction of sp³-hybridized carbons (Fsp3) is 0.208. The smallest absolute Gasteiger partial charge is 0.276 e. The molecular weight excluding hydrogens is 454 g/mol. The van der Waals surface area contributed by atoms with E-state index in [2.05, 4.69) is 15.1 Å². The van der Waals surface area contributed by atoms with Crippen LogP contribution >= 0.6 is 0 Å². The van der Waals surface area contributed by atoms with Crippen LogP contribution in [0, 0.1) is 6.92 Å². The first-order chi connectivity index (χ1) is 16.4. The molecule has 34 heavy (non-hydrogen) atoms. The lowest BCUT2D eigenvalue weighted by atomic mass is 10.1. The van der Waals surface area contributed by atoms with Crippen LogP contribution in [0.2, 0.25) is 0 Å². The molecule has 0 aliphatic rings. The third-order valence-corrected chi connectivity index (χ3v) is 7.39. The van der Waals surface area contributed by atoms with Crippen molar-refractivity contribution in [3.63, 3.8) is 0 Å². The number of aromatic nitrogens is 4. The van der Waals surface area contributed by atoms with Crippen molar-refractivity contribution in [2.75, 3.05) is 18.0 Å². The minimum absolute atomic E-state index is 0.00390. The highest BCUT2D eigenvalue weighted by Crippen LogP contribution is 2.26. The lowest BCUT2D eigenvalue weighted by molar-refractivity contribution is 0.408. The molecule has 0 aliphatic carbocycles. The number of hydrogen-bond donors (Lipinski definition) is 1. The first-order valence-corrected chi connectivity index (χ1v) is 12.1. The molecule has 10 heteroatoms. The fourth-order valence-corrected chi connectivity index (χ4v) is 5.41. The maximum absolute atomic E-state index is 13.7. The van der Waals surface area contributed by atoms with E-state index in [4.69, 9.17) is 4.74 Å². The SMILES string of the molecule is CCN(c1ccccc1)S(=O)(=O)c1cccnc1-n1[nH]c(C)c(Cc2ncccc2OC)c1=O. The Balaban J connectivity index is 1.81. The van der Waals surface area contributed by atoms with E-state index in [0.29, 0.717) is 28.4 Å². The van der Waals surface area contributed by atoms with Crippen molar-refractivity contribution in [2.24, 2.45) is 0 Å². The van der Waals surface area contributed by atoms with Gasteiger partial charge >= 0.3 is 0 Å². The number of hydrogen-bond acceptors (Lipinski definition) is 6. The predicted octanol–water partition coefficient (Wildman–Crippen LogP) is 3.08. The number of ether oxygens (including phenoxy) is 1. The normalized spacial score (nSPS) is 11.4. The molecule has 0 radical (unpaired) electrons. The van der Waals surface area contributed by atoms with Gasteiger partial charge in [0.2, 0.25) is 0 Å². The number of aromatic amines is 1. The number of para-hydroxylation sites is 1. The number of aryl methyl sites for hydroxylation is 1. The Morgan fingerprint density at radius 1 is 1.03 bits per heavy atom. The zero-order valence-corrected chi connectivity index (χ0v) is 19.9. The van der Waals surface area contributed by atoms with Crippen LogP contribution in [0.4, 0.5) is 5.69 Å². The van der Waals surface area contributed by atoms with Crippen molar-refractivity contribution < 1.29 is 13.2 Å². The van der Waals surface area contributed by atoms with Gasteiger partial charge in [-0.05, 0) is 50.2 Å². The maximum Gasteiger partial charge on any atom is 0.276 e. The summed E-state index contributed by atoms with van der Waals surface area (Å²) >= 11 is 0. The average molecular weight is 480 g/mol. The van der Waals surface area contributed by atoms with Crippen molar-refractivity contribution in [3.05, 3.63) is 94.3 Å². The summed E-state index contributed by atoms with van der Waals surface area (Å²) in [4.78, 5) is 21.9. The highest BCUT2D eigenvalue weighted by Gasteiger charge is 2.29. The molecule has 0 spiro atoms. The van der Waals surface area contributed by atoms with Crippen molar-refractivity contribution in [2.45, 2.75) is 25.2 Å². The van der Waals surface area contributed by atoms with Gasteiger partial charge in [-0.2, -0.15) is 4.68 Å². The van der Waals surface area contributed by atoms with E-state index in [1.54, 1.807) is 63.6 Å². The lowest BCUT2D eigenvalue weighted by Crippen LogP contribution is -2.32. The van der Waals surface area contributed by atoms with Crippen molar-refractivity contribution in [1.82, 2.24) is 19.7 Å². The molecule has 0 saturated heterocycles. The Morgan fingerprint density at radius 3 is 2.44 bits per heavy atom. The summed E-state index contributed by atoms with van der Waals surface area (Å²) in [7, 11) is -2.47. The molecule has 0 fully saturated rings. The molecule has 3 heterocycles. The monoisotopic (exact) mass is 479 g/mol. The molecule has 3 aromatic heterocycles. The molecule has 0 unspecified atom stereocenters. The number of nitrogens with one attached hydrogen (secondary N) is 1. The molecule has 4 rings (SSSR count). The molecule has 176 valence electrons. The molecule has 0 bridgehead atoms. The second-order valence-electron chi connectivity index (χ2n) is 7.52. The second-order valence-corrected chi connectivity index (χ2v) is 9.35. The quantitative estimate of drug-likeness (QED) is 0.416. The Labute approximate surface area is 197 Å². The lowest BCUT2D eigenvalue weighted by Gasteiger charge is -2.23. The van der Waals surface area contributed by atoms with Crippen LogP contribution < -0.4 is 14.6 Å². The number of pyridine rings is 2. The predicted molar refractivity (Wildman–Crippen MR) is 129 cm³/mol. The van der Waals surface area contributed by atoms with Gasteiger partial charge in [-0.3, -0.25) is 19.2 Å². The Kier molecular flexibility index (Phi) is 6.51. The number of H-pyrrole nitrogens is 1. The Morgan fingerprint density at radius 2 is 1.74 bits per heavy atom. The van der Waals surface area contributed by atoms with Crippen LogP contribution in [-0.2, 0) is 16.4 Å². The molecule has 1 N–H and O–H groups in total. The first-order valence-electron chi connectivity index (χ1n) is 10.7. The van der Waals surface area contributed by atoms with Crippen LogP contribution in [0.25, 0.3) is 5.82 Å². The number of benzene rings is 1. The summed E-state index contributed by atoms with van der Waals surface area (Å²) in [6.45, 7) is 3.72. The molecular formula is C24H25N5O4S. The average Bonchev–Trinajstić information content (AvgIpc) is 3.13. The van der Waals surface area contributed by atoms with E-state index < -0.39 is 15.6 Å². The molecule has 9 nitrogen and oxygen atoms in total. The molecule has 4 aromatic rings. The number of anilines is 1. The Hall–Kier alpha value is -3.92. The van der Waals surface area contributed by atoms with E-state index in [1.165, 1.54) is 27.3 Å². The Bertz CT molecular complexity index is 1460. The van der Waals surface area contributed by atoms with E-state index in [1.807, 2.05) is 6.07 Å². The van der Waals surface area contributed by atoms with Gasteiger partial charge in [0.1, 0.15) is 10.6 Å². The third kappa shape index (κ3) is 4.19. The second kappa shape index (κ2) is 9.52. The van der Waals surface area contributed by atoms with Gasteiger partial charge in [-0.1, -0.05) is 18.2 Å². The highest BCUT2D eigenvalue weighted by atomic mass is 32.2. The van der Waals surface area contributed by atoms with E-state index in [0.717, 1.165) is 0 Å². The summed E-state index contributed by atoms with van der Waals surface area (Å²) in [5, 5.41) is 2.99. The van der Waals surface area contributed by atoms with Gasteiger partial charge in [-0.25, -0.2) is 13.4 Å². The number of nitrogens with zero attached hydrogens (tertiary/aromatic N) is 4. The zero-order chi connectivity index (χ0) is 24.3. The minimum atomic E-state index is -4.01. The number of sulfonamides is 1. The highest BCUT2D eigenvalue weighted by molar-refractivity contribution is 7.93. The largest absolute Gasteiger partial charge is 0.495 e. The van der Waals surface area contributed by atoms with Gasteiger partial charge in [0.25, 0.3) is 15.6 Å². The molecule has 0 amide bonds. The summed E-state index contributed by atoms with van der Waals surface area (Å²) in [6.07, 6.45) is 3.31. The van der Waals surface area contributed by atoms with Gasteiger partial charge in [-0.15, -0.1) is 0 Å². The minimum Gasteiger partial charge on any atom is -0.495 e. The van der Waals surface area contributed by atoms with Crippen LogP contribution in [0.5, 0.6) is 5.75 Å². The van der Waals surface area contributed by atoms with Gasteiger partial charge in [0.05, 0.1) is 18.5 Å². The molecule has 0 aliphatic heterocycles. The van der Waals surface area contributed by atoms with E-state index in [-0.39, 0.29) is 23.7 Å². The third-order valence-electron chi connectivity index (χ3n) is 5.47. The van der Waals surface area contributed by atoms with E-state index in [9.17, 15) is 13.2 Å². The van der Waals surface area contributed by atoms with Gasteiger partial charge < -0.3 is 4.74 Å². The maximum atomic E-state index is 13.7. The van der Waals surface area contributed by atoms with Crippen molar-refractivity contribution in [3.8, 4) is 11.6 Å². The zero-order valence-electron chi connectivity index (χ0n) is 19.1. The fourth-order valence-electron chi connectivity index (χ4n) is 3.80.